The lowest BCUT2D eigenvalue weighted by Crippen LogP contribution is -2.20. The van der Waals surface area contributed by atoms with Gasteiger partial charge in [-0.2, -0.15) is 8.78 Å². The van der Waals surface area contributed by atoms with E-state index in [1.54, 1.807) is 24.3 Å². The largest absolute Gasteiger partial charge is 0.490 e. The highest BCUT2D eigenvalue weighted by atomic mass is 19.1. The second kappa shape index (κ2) is 9.90. The Morgan fingerprint density at radius 3 is 1.73 bits per heavy atom. The zero-order chi connectivity index (χ0) is 22.8. The molecule has 2 aromatic carbocycles. The van der Waals surface area contributed by atoms with Crippen LogP contribution in [0.4, 0.5) is 8.78 Å². The topological polar surface area (TPSA) is 31.6 Å². The summed E-state index contributed by atoms with van der Waals surface area (Å²) in [6.45, 7) is 3.26. The summed E-state index contributed by atoms with van der Waals surface area (Å²) in [5.74, 6) is 0.996. The molecule has 0 aliphatic heterocycles. The van der Waals surface area contributed by atoms with Crippen molar-refractivity contribution in [2.75, 3.05) is 13.2 Å². The highest BCUT2D eigenvalue weighted by molar-refractivity contribution is 6.06. The molecular weight excluding hydrogens is 422 g/mol. The summed E-state index contributed by atoms with van der Waals surface area (Å²) >= 11 is 0. The lowest BCUT2D eigenvalue weighted by molar-refractivity contribution is 0.174. The average Bonchev–Trinajstić information content (AvgIpc) is 3.48. The molecule has 33 heavy (non-hydrogen) atoms. The predicted octanol–water partition coefficient (Wildman–Crippen LogP) is 8.42. The Bertz CT molecular complexity index is 1090. The predicted molar refractivity (Wildman–Crippen MR) is 127 cm³/mol. The van der Waals surface area contributed by atoms with Crippen LogP contribution in [-0.2, 0) is 0 Å². The van der Waals surface area contributed by atoms with E-state index < -0.39 is 11.6 Å². The van der Waals surface area contributed by atoms with E-state index in [1.165, 1.54) is 38.5 Å². The molecule has 2 saturated carbocycles. The SMILES string of the molecule is CCCC1CCC(COc2ccc3c(oc4c(F)c(OCC5CCCC5)ccc43)c2F)CC1. The molecule has 5 rings (SSSR count). The van der Waals surface area contributed by atoms with E-state index in [4.69, 9.17) is 13.9 Å². The molecule has 178 valence electrons. The van der Waals surface area contributed by atoms with Crippen molar-refractivity contribution < 1.29 is 22.7 Å². The van der Waals surface area contributed by atoms with E-state index in [2.05, 4.69) is 6.92 Å². The Balaban J connectivity index is 1.31. The monoisotopic (exact) mass is 456 g/mol. The van der Waals surface area contributed by atoms with Gasteiger partial charge in [-0.3, -0.25) is 0 Å². The fraction of sp³-hybridized carbons (Fsp3) is 0.571. The summed E-state index contributed by atoms with van der Waals surface area (Å²) in [6.07, 6.45) is 12.0. The third-order valence-electron chi connectivity index (χ3n) is 7.70. The normalized spacial score (nSPS) is 21.8. The van der Waals surface area contributed by atoms with Gasteiger partial charge in [0.1, 0.15) is 0 Å². The molecule has 0 amide bonds. The Labute approximate surface area is 194 Å². The molecule has 0 radical (unpaired) electrons. The van der Waals surface area contributed by atoms with Crippen LogP contribution in [0.25, 0.3) is 21.9 Å². The number of ether oxygens (including phenoxy) is 2. The zero-order valence-corrected chi connectivity index (χ0v) is 19.5. The molecule has 2 fully saturated rings. The van der Waals surface area contributed by atoms with Crippen molar-refractivity contribution in [1.29, 1.82) is 0 Å². The fourth-order valence-corrected chi connectivity index (χ4v) is 5.71. The van der Waals surface area contributed by atoms with Crippen LogP contribution in [-0.4, -0.2) is 13.2 Å². The van der Waals surface area contributed by atoms with E-state index in [0.29, 0.717) is 35.8 Å². The summed E-state index contributed by atoms with van der Waals surface area (Å²) in [7, 11) is 0. The molecule has 1 heterocycles. The fourth-order valence-electron chi connectivity index (χ4n) is 5.71. The van der Waals surface area contributed by atoms with Gasteiger partial charge in [-0.25, -0.2) is 0 Å². The summed E-state index contributed by atoms with van der Waals surface area (Å²) < 4.78 is 47.7. The van der Waals surface area contributed by atoms with Crippen molar-refractivity contribution in [2.24, 2.45) is 17.8 Å². The molecule has 0 atom stereocenters. The minimum atomic E-state index is -0.563. The van der Waals surface area contributed by atoms with Gasteiger partial charge in [0.2, 0.25) is 11.6 Å². The first-order chi connectivity index (χ1) is 16.1. The molecule has 3 nitrogen and oxygen atoms in total. The highest BCUT2D eigenvalue weighted by Gasteiger charge is 2.24. The van der Waals surface area contributed by atoms with Gasteiger partial charge in [0.05, 0.1) is 13.2 Å². The molecule has 2 aliphatic carbocycles. The summed E-state index contributed by atoms with van der Waals surface area (Å²) in [5.41, 5.74) is 0.0835. The van der Waals surface area contributed by atoms with E-state index in [0.717, 1.165) is 31.6 Å². The lowest BCUT2D eigenvalue weighted by atomic mass is 9.80. The van der Waals surface area contributed by atoms with Crippen LogP contribution in [0.1, 0.15) is 71.1 Å². The number of benzene rings is 2. The van der Waals surface area contributed by atoms with E-state index in [9.17, 15) is 0 Å². The van der Waals surface area contributed by atoms with Gasteiger partial charge in [-0.15, -0.1) is 0 Å². The number of hydrogen-bond acceptors (Lipinski definition) is 3. The van der Waals surface area contributed by atoms with Gasteiger partial charge >= 0.3 is 0 Å². The first kappa shape index (κ1) is 22.5. The molecular formula is C28H34F2O3. The highest BCUT2D eigenvalue weighted by Crippen LogP contribution is 2.39. The third kappa shape index (κ3) is 4.69. The molecule has 1 aromatic heterocycles. The minimum Gasteiger partial charge on any atom is -0.490 e. The van der Waals surface area contributed by atoms with Crippen LogP contribution in [0.3, 0.4) is 0 Å². The van der Waals surface area contributed by atoms with E-state index >= 15 is 8.78 Å². The third-order valence-corrected chi connectivity index (χ3v) is 7.70. The van der Waals surface area contributed by atoms with Crippen LogP contribution in [0, 0.1) is 29.4 Å². The summed E-state index contributed by atoms with van der Waals surface area (Å²) in [4.78, 5) is 0. The number of rotatable bonds is 8. The number of fused-ring (bicyclic) bond motifs is 3. The van der Waals surface area contributed by atoms with Crippen LogP contribution in [0.2, 0.25) is 0 Å². The Morgan fingerprint density at radius 1 is 0.727 bits per heavy atom. The maximum atomic E-state index is 15.2. The minimum absolute atomic E-state index is 0.0409. The Hall–Kier alpha value is -2.30. The molecule has 2 aliphatic rings. The quantitative estimate of drug-likeness (QED) is 0.341. The zero-order valence-electron chi connectivity index (χ0n) is 19.5. The van der Waals surface area contributed by atoms with Crippen molar-refractivity contribution in [3.8, 4) is 11.5 Å². The summed E-state index contributed by atoms with van der Waals surface area (Å²) in [5, 5.41) is 1.10. The van der Waals surface area contributed by atoms with Crippen LogP contribution < -0.4 is 9.47 Å². The van der Waals surface area contributed by atoms with E-state index in [-0.39, 0.29) is 22.7 Å². The van der Waals surface area contributed by atoms with Crippen LogP contribution in [0.15, 0.2) is 28.7 Å². The molecule has 3 aromatic rings. The van der Waals surface area contributed by atoms with Gasteiger partial charge in [-0.05, 0) is 67.7 Å². The lowest BCUT2D eigenvalue weighted by Gasteiger charge is -2.28. The summed E-state index contributed by atoms with van der Waals surface area (Å²) in [6, 6.07) is 6.77. The first-order valence-corrected chi connectivity index (χ1v) is 12.7. The Kier molecular flexibility index (Phi) is 6.75. The van der Waals surface area contributed by atoms with Crippen LogP contribution >= 0.6 is 0 Å². The smallest absolute Gasteiger partial charge is 0.208 e. The molecule has 0 spiro atoms. The number of hydrogen-bond donors (Lipinski definition) is 0. The van der Waals surface area contributed by atoms with Crippen molar-refractivity contribution in [3.63, 3.8) is 0 Å². The number of halogens is 2. The van der Waals surface area contributed by atoms with E-state index in [1.807, 2.05) is 0 Å². The van der Waals surface area contributed by atoms with Gasteiger partial charge < -0.3 is 13.9 Å². The molecule has 0 bridgehead atoms. The van der Waals surface area contributed by atoms with Crippen molar-refractivity contribution in [1.82, 2.24) is 0 Å². The molecule has 0 saturated heterocycles. The van der Waals surface area contributed by atoms with Crippen molar-refractivity contribution in [2.45, 2.75) is 71.1 Å². The van der Waals surface area contributed by atoms with Gasteiger partial charge in [0.15, 0.2) is 22.7 Å². The van der Waals surface area contributed by atoms with Gasteiger partial charge in [0.25, 0.3) is 0 Å². The maximum Gasteiger partial charge on any atom is 0.208 e. The van der Waals surface area contributed by atoms with Crippen molar-refractivity contribution in [3.05, 3.63) is 35.9 Å². The second-order valence-electron chi connectivity index (χ2n) is 10.1. The number of furan rings is 1. The molecule has 5 heteroatoms. The first-order valence-electron chi connectivity index (χ1n) is 12.7. The standard InChI is InChI=1S/C28H34F2O3/c1-2-5-18-8-10-20(11-9-18)17-32-24-15-13-22-21-12-14-23(31-16-19-6-3-4-7-19)25(29)27(21)33-28(22)26(24)30/h12-15,18-20H,2-11,16-17H2,1H3. The van der Waals surface area contributed by atoms with Crippen molar-refractivity contribution >= 4 is 21.9 Å². The van der Waals surface area contributed by atoms with Crippen LogP contribution in [0.5, 0.6) is 11.5 Å². The maximum absolute atomic E-state index is 15.2. The second-order valence-corrected chi connectivity index (χ2v) is 10.1. The average molecular weight is 457 g/mol. The molecule has 0 N–H and O–H groups in total. The Morgan fingerprint density at radius 2 is 1.21 bits per heavy atom. The van der Waals surface area contributed by atoms with Gasteiger partial charge in [0, 0.05) is 10.8 Å². The van der Waals surface area contributed by atoms with Gasteiger partial charge in [-0.1, -0.05) is 45.4 Å². The molecule has 0 unspecified atom stereocenters.